The predicted molar refractivity (Wildman–Crippen MR) is 70.1 cm³/mol. The highest BCUT2D eigenvalue weighted by atomic mass is 15.4. The fourth-order valence-electron chi connectivity index (χ4n) is 2.74. The third-order valence-electron chi connectivity index (χ3n) is 3.87. The number of aryl methyl sites for hydroxylation is 1. The molecule has 0 amide bonds. The lowest BCUT2D eigenvalue weighted by Gasteiger charge is -2.17. The van der Waals surface area contributed by atoms with E-state index in [1.165, 1.54) is 29.9 Å². The molecule has 2 aliphatic rings. The van der Waals surface area contributed by atoms with Crippen molar-refractivity contribution in [2.45, 2.75) is 25.2 Å². The van der Waals surface area contributed by atoms with E-state index < -0.39 is 0 Å². The number of fused-ring (bicyclic) bond motifs is 1. The maximum Gasteiger partial charge on any atom is 0.137 e. The first kappa shape index (κ1) is 10.1. The number of aromatic nitrogens is 3. The van der Waals surface area contributed by atoms with Gasteiger partial charge in [-0.25, -0.2) is 4.98 Å². The van der Waals surface area contributed by atoms with E-state index in [1.54, 1.807) is 0 Å². The van der Waals surface area contributed by atoms with Crippen molar-refractivity contribution in [3.63, 3.8) is 0 Å². The van der Waals surface area contributed by atoms with Crippen LogP contribution >= 0.6 is 0 Å². The van der Waals surface area contributed by atoms with Crippen LogP contribution in [0.3, 0.4) is 0 Å². The Labute approximate surface area is 106 Å². The van der Waals surface area contributed by atoms with Gasteiger partial charge in [0.15, 0.2) is 0 Å². The lowest BCUT2D eigenvalue weighted by molar-refractivity contribution is 0.731. The summed E-state index contributed by atoms with van der Waals surface area (Å²) in [5.41, 5.74) is 2.59. The van der Waals surface area contributed by atoms with Gasteiger partial charge in [0.25, 0.3) is 0 Å². The van der Waals surface area contributed by atoms with Crippen molar-refractivity contribution in [2.24, 2.45) is 7.05 Å². The molecule has 0 aromatic carbocycles. The summed E-state index contributed by atoms with van der Waals surface area (Å²) in [6.45, 7) is 1.01. The van der Waals surface area contributed by atoms with Crippen LogP contribution in [0.1, 0.15) is 30.0 Å². The Kier molecular flexibility index (Phi) is 2.01. The molecule has 18 heavy (non-hydrogen) atoms. The predicted octanol–water partition coefficient (Wildman–Crippen LogP) is 2.39. The molecule has 0 unspecified atom stereocenters. The van der Waals surface area contributed by atoms with Gasteiger partial charge in [-0.2, -0.15) is 5.10 Å². The van der Waals surface area contributed by atoms with Crippen LogP contribution in [0, 0.1) is 0 Å². The van der Waals surface area contributed by atoms with Gasteiger partial charge in [-0.1, -0.05) is 6.07 Å². The number of nitrogens with zero attached hydrogens (tertiary/aromatic N) is 4. The van der Waals surface area contributed by atoms with E-state index in [4.69, 9.17) is 0 Å². The zero-order chi connectivity index (χ0) is 12.1. The van der Waals surface area contributed by atoms with Gasteiger partial charge < -0.3 is 4.90 Å². The molecule has 2 aromatic heterocycles. The van der Waals surface area contributed by atoms with Gasteiger partial charge >= 0.3 is 0 Å². The van der Waals surface area contributed by atoms with Gasteiger partial charge in [0, 0.05) is 31.8 Å². The summed E-state index contributed by atoms with van der Waals surface area (Å²) < 4.78 is 2.00. The second-order valence-electron chi connectivity index (χ2n) is 5.21. The minimum atomic E-state index is 0.704. The van der Waals surface area contributed by atoms with Gasteiger partial charge in [-0.05, 0) is 30.9 Å². The normalized spacial score (nSPS) is 18.2. The Morgan fingerprint density at radius 3 is 3.06 bits per heavy atom. The van der Waals surface area contributed by atoms with Crippen LogP contribution in [-0.2, 0) is 13.5 Å². The van der Waals surface area contributed by atoms with E-state index in [0.29, 0.717) is 5.92 Å². The molecule has 0 spiro atoms. The molecular formula is C14H16N4. The van der Waals surface area contributed by atoms with Crippen molar-refractivity contribution in [3.05, 3.63) is 35.7 Å². The Morgan fingerprint density at radius 1 is 1.33 bits per heavy atom. The Balaban J connectivity index is 1.75. The molecule has 4 nitrogen and oxygen atoms in total. The van der Waals surface area contributed by atoms with Crippen LogP contribution in [-0.4, -0.2) is 21.3 Å². The number of rotatable bonds is 2. The average molecular weight is 240 g/mol. The van der Waals surface area contributed by atoms with E-state index in [0.717, 1.165) is 18.8 Å². The minimum Gasteiger partial charge on any atom is -0.311 e. The molecule has 0 bridgehead atoms. The number of hydrogen-bond acceptors (Lipinski definition) is 3. The lowest BCUT2D eigenvalue weighted by atomic mass is 10.2. The van der Waals surface area contributed by atoms with E-state index in [1.807, 2.05) is 24.0 Å². The minimum absolute atomic E-state index is 0.704. The summed E-state index contributed by atoms with van der Waals surface area (Å²) in [5.74, 6) is 2.98. The monoisotopic (exact) mass is 240 g/mol. The van der Waals surface area contributed by atoms with E-state index in [-0.39, 0.29) is 0 Å². The van der Waals surface area contributed by atoms with Crippen LogP contribution in [0.2, 0.25) is 0 Å². The molecule has 92 valence electrons. The summed E-state index contributed by atoms with van der Waals surface area (Å²) in [6.07, 6.45) is 5.54. The second kappa shape index (κ2) is 3.57. The lowest BCUT2D eigenvalue weighted by Crippen LogP contribution is -2.17. The van der Waals surface area contributed by atoms with Gasteiger partial charge in [-0.3, -0.25) is 4.68 Å². The molecule has 1 aliphatic heterocycles. The molecule has 1 saturated carbocycles. The molecule has 3 heterocycles. The second-order valence-corrected chi connectivity index (χ2v) is 5.21. The van der Waals surface area contributed by atoms with Crippen molar-refractivity contribution in [1.82, 2.24) is 14.8 Å². The fraction of sp³-hybridized carbons (Fsp3) is 0.429. The molecule has 4 rings (SSSR count). The number of hydrogen-bond donors (Lipinski definition) is 0. The molecule has 1 fully saturated rings. The smallest absolute Gasteiger partial charge is 0.137 e. The molecule has 0 saturated heterocycles. The Hall–Kier alpha value is -1.84. The molecule has 4 heteroatoms. The first-order valence-corrected chi connectivity index (χ1v) is 6.58. The highest BCUT2D eigenvalue weighted by Crippen LogP contribution is 2.41. The number of anilines is 2. The molecule has 1 aliphatic carbocycles. The molecule has 0 atom stereocenters. The first-order valence-electron chi connectivity index (χ1n) is 6.58. The summed E-state index contributed by atoms with van der Waals surface area (Å²) in [4.78, 5) is 6.80. The van der Waals surface area contributed by atoms with E-state index in [2.05, 4.69) is 27.1 Å². The Morgan fingerprint density at radius 2 is 2.22 bits per heavy atom. The van der Waals surface area contributed by atoms with Crippen LogP contribution in [0.4, 0.5) is 11.6 Å². The van der Waals surface area contributed by atoms with Gasteiger partial charge in [0.05, 0.1) is 5.69 Å². The summed E-state index contributed by atoms with van der Waals surface area (Å²) >= 11 is 0. The molecule has 2 aromatic rings. The van der Waals surface area contributed by atoms with E-state index >= 15 is 0 Å². The average Bonchev–Trinajstić information content (AvgIpc) is 3.04. The van der Waals surface area contributed by atoms with Crippen molar-refractivity contribution in [2.75, 3.05) is 11.4 Å². The Bertz CT molecular complexity index is 598. The van der Waals surface area contributed by atoms with Gasteiger partial charge in [0.1, 0.15) is 11.6 Å². The van der Waals surface area contributed by atoms with Crippen molar-refractivity contribution < 1.29 is 0 Å². The van der Waals surface area contributed by atoms with Crippen LogP contribution in [0.15, 0.2) is 24.4 Å². The maximum atomic E-state index is 4.64. The van der Waals surface area contributed by atoms with Crippen LogP contribution < -0.4 is 4.90 Å². The SMILES string of the molecule is Cn1nc(C2CC2)cc1N1CCc2cccnc21. The fourth-order valence-corrected chi connectivity index (χ4v) is 2.74. The van der Waals surface area contributed by atoms with Crippen molar-refractivity contribution >= 4 is 11.6 Å². The largest absolute Gasteiger partial charge is 0.311 e. The van der Waals surface area contributed by atoms with Gasteiger partial charge in [-0.15, -0.1) is 0 Å². The van der Waals surface area contributed by atoms with Crippen LogP contribution in [0.5, 0.6) is 0 Å². The highest BCUT2D eigenvalue weighted by Gasteiger charge is 2.29. The summed E-state index contributed by atoms with van der Waals surface area (Å²) in [5, 5.41) is 4.64. The van der Waals surface area contributed by atoms with Crippen molar-refractivity contribution in [1.29, 1.82) is 0 Å². The van der Waals surface area contributed by atoms with Gasteiger partial charge in [0.2, 0.25) is 0 Å². The zero-order valence-corrected chi connectivity index (χ0v) is 10.5. The first-order chi connectivity index (χ1) is 8.83. The number of pyridine rings is 1. The highest BCUT2D eigenvalue weighted by molar-refractivity contribution is 5.64. The topological polar surface area (TPSA) is 34.0 Å². The summed E-state index contributed by atoms with van der Waals surface area (Å²) in [7, 11) is 2.03. The summed E-state index contributed by atoms with van der Waals surface area (Å²) in [6, 6.07) is 6.42. The standard InChI is InChI=1S/C14H16N4/c1-17-13(9-12(16-17)10-4-5-10)18-8-6-11-3-2-7-15-14(11)18/h2-3,7,9-10H,4-6,8H2,1H3. The van der Waals surface area contributed by atoms with Crippen LogP contribution in [0.25, 0.3) is 0 Å². The molecular weight excluding hydrogens is 224 g/mol. The van der Waals surface area contributed by atoms with E-state index in [9.17, 15) is 0 Å². The third-order valence-corrected chi connectivity index (χ3v) is 3.87. The maximum absolute atomic E-state index is 4.64. The third kappa shape index (κ3) is 1.45. The zero-order valence-electron chi connectivity index (χ0n) is 10.5. The molecule has 0 radical (unpaired) electrons. The quantitative estimate of drug-likeness (QED) is 0.808. The molecule has 0 N–H and O–H groups in total. The van der Waals surface area contributed by atoms with Crippen molar-refractivity contribution in [3.8, 4) is 0 Å².